The number of benzene rings is 18. The summed E-state index contributed by atoms with van der Waals surface area (Å²) in [4.78, 5) is 24.2. The van der Waals surface area contributed by atoms with Crippen LogP contribution in [0.25, 0.3) is 220 Å². The van der Waals surface area contributed by atoms with Gasteiger partial charge in [-0.3, -0.25) is 4.57 Å². The quantitative estimate of drug-likeness (QED) is 0.141. The third-order valence-electron chi connectivity index (χ3n) is 21.5. The molecule has 24 aromatic rings. The largest absolute Gasteiger partial charge is 0.353 e. The fraction of sp³-hybridized carbons (Fsp3) is 0. The van der Waals surface area contributed by atoms with E-state index in [1.54, 1.807) is 0 Å². The van der Waals surface area contributed by atoms with Gasteiger partial charge in [0.15, 0.2) is 0 Å². The first-order valence-electron chi connectivity index (χ1n) is 35.4. The maximum absolute atomic E-state index is 6.30. The molecule has 0 aliphatic carbocycles. The lowest BCUT2D eigenvalue weighted by Gasteiger charge is -2.15. The second-order valence-electron chi connectivity index (χ2n) is 27.2. The predicted molar refractivity (Wildman–Crippen MR) is 451 cm³/mol. The maximum atomic E-state index is 6.30. The van der Waals surface area contributed by atoms with Crippen molar-refractivity contribution in [3.8, 4) is 28.5 Å². The van der Waals surface area contributed by atoms with Crippen molar-refractivity contribution in [2.45, 2.75) is 0 Å². The molecule has 18 aromatic carbocycles. The molecule has 9 heteroatoms. The molecule has 1 N–H and O–H groups in total. The van der Waals surface area contributed by atoms with Crippen LogP contribution in [0.1, 0.15) is 0 Å². The number of nitrogens with one attached hydrogen (secondary N) is 1. The van der Waals surface area contributed by atoms with Crippen LogP contribution in [0.4, 0.5) is 0 Å². The highest BCUT2D eigenvalue weighted by atomic mass is 35.5. The first-order chi connectivity index (χ1) is 52.0. The summed E-state index contributed by atoms with van der Waals surface area (Å²) < 4.78 is 7.72. The Hall–Kier alpha value is -13.0. The standard InChI is InChI=1S/C48H27N3S.C26H15NS.C22H13ClN2/c1-4-16-31-28(12-1)15-11-22-35(31)44-39-27-25-29-13-2-5-17-32(29)43(39)49-48(50-44)51-45-33-18-6-3-14-30(33)24-26-38(45)42-46(51)36-20-8-7-19-34(36)41-37-21-9-10-23-40(37)52-47(41)42;1-2-8-16-15(7-1)13-14-20-23-25(27-24(16)20)18-10-4-3-9-17(18)22-19-11-5-6-12-21(19)28-26(22)23;23-22-24-20-17-10-4-2-7-15(17)12-13-19(20)21(25-22)18-11-5-8-14-6-1-3-9-16(14)18/h1-27H;1-14,27H;1-13H. The minimum absolute atomic E-state index is 0.270. The fourth-order valence-corrected chi connectivity index (χ4v) is 19.7. The van der Waals surface area contributed by atoms with E-state index in [-0.39, 0.29) is 5.28 Å². The number of rotatable bonds is 3. The van der Waals surface area contributed by atoms with Gasteiger partial charge in [0.25, 0.3) is 0 Å². The molecule has 105 heavy (non-hydrogen) atoms. The molecule has 0 aliphatic heterocycles. The molecule has 6 nitrogen and oxygen atoms in total. The molecule has 24 rings (SSSR count). The Morgan fingerprint density at radius 2 is 0.638 bits per heavy atom. The average Bonchev–Trinajstić information content (AvgIpc) is 1.53. The van der Waals surface area contributed by atoms with Crippen LogP contribution in [0, 0.1) is 0 Å². The Labute approximate surface area is 612 Å². The van der Waals surface area contributed by atoms with E-state index < -0.39 is 0 Å². The minimum atomic E-state index is 0.270. The highest BCUT2D eigenvalue weighted by molar-refractivity contribution is 7.27. The van der Waals surface area contributed by atoms with Crippen molar-refractivity contribution in [2.75, 3.05) is 0 Å². The van der Waals surface area contributed by atoms with E-state index in [1.165, 1.54) is 132 Å². The monoisotopic (exact) mass is 1390 g/mol. The van der Waals surface area contributed by atoms with E-state index in [0.717, 1.165) is 82.3 Å². The van der Waals surface area contributed by atoms with Crippen molar-refractivity contribution in [2.24, 2.45) is 0 Å². The van der Waals surface area contributed by atoms with Gasteiger partial charge in [-0.05, 0) is 89.7 Å². The van der Waals surface area contributed by atoms with E-state index in [0.29, 0.717) is 5.95 Å². The molecular formula is C96H55ClN6S2. The molecule has 0 amide bonds. The molecule has 0 bridgehead atoms. The number of hydrogen-bond donors (Lipinski definition) is 1. The normalized spacial score (nSPS) is 12.0. The number of fused-ring (bicyclic) bond motifs is 32. The van der Waals surface area contributed by atoms with Gasteiger partial charge in [-0.25, -0.2) is 19.9 Å². The molecule has 488 valence electrons. The third kappa shape index (κ3) is 9.14. The average molecular weight is 1390 g/mol. The molecular weight excluding hydrogens is 1340 g/mol. The molecule has 0 spiro atoms. The van der Waals surface area contributed by atoms with Crippen molar-refractivity contribution < 1.29 is 0 Å². The van der Waals surface area contributed by atoms with Crippen LogP contribution in [0.15, 0.2) is 328 Å². The van der Waals surface area contributed by atoms with Crippen LogP contribution in [-0.4, -0.2) is 29.5 Å². The number of H-pyrrole nitrogens is 1. The number of halogens is 1. The Balaban J connectivity index is 0.000000109. The smallest absolute Gasteiger partial charge is 0.235 e. The summed E-state index contributed by atoms with van der Waals surface area (Å²) in [6.45, 7) is 0. The Morgan fingerprint density at radius 3 is 1.21 bits per heavy atom. The maximum Gasteiger partial charge on any atom is 0.235 e. The van der Waals surface area contributed by atoms with Gasteiger partial charge in [-0.1, -0.05) is 303 Å². The molecule has 6 heterocycles. The second kappa shape index (κ2) is 23.6. The molecule has 0 atom stereocenters. The highest BCUT2D eigenvalue weighted by Gasteiger charge is 2.27. The predicted octanol–water partition coefficient (Wildman–Crippen LogP) is 27.6. The fourth-order valence-electron chi connectivity index (χ4n) is 17.0. The van der Waals surface area contributed by atoms with Crippen LogP contribution in [-0.2, 0) is 0 Å². The van der Waals surface area contributed by atoms with Crippen LogP contribution in [0.3, 0.4) is 0 Å². The van der Waals surface area contributed by atoms with Crippen molar-refractivity contribution in [3.05, 3.63) is 333 Å². The Morgan fingerprint density at radius 1 is 0.248 bits per heavy atom. The molecule has 0 saturated heterocycles. The zero-order valence-corrected chi connectivity index (χ0v) is 58.5. The van der Waals surface area contributed by atoms with Gasteiger partial charge in [0, 0.05) is 116 Å². The zero-order chi connectivity index (χ0) is 69.0. The third-order valence-corrected chi connectivity index (χ3v) is 24.1. The number of hydrogen-bond acceptors (Lipinski definition) is 6. The van der Waals surface area contributed by atoms with Crippen LogP contribution in [0.5, 0.6) is 0 Å². The summed E-state index contributed by atoms with van der Waals surface area (Å²) in [5.41, 5.74) is 10.6. The molecule has 0 aliphatic rings. The topological polar surface area (TPSA) is 72.3 Å². The van der Waals surface area contributed by atoms with Gasteiger partial charge in [0.1, 0.15) is 0 Å². The molecule has 0 unspecified atom stereocenters. The summed E-state index contributed by atoms with van der Waals surface area (Å²) in [6, 6.07) is 117. The number of aromatic amines is 1. The Bertz CT molecular complexity index is 7830. The van der Waals surface area contributed by atoms with E-state index in [2.05, 4.69) is 323 Å². The number of thiophene rings is 2. The van der Waals surface area contributed by atoms with E-state index in [9.17, 15) is 0 Å². The summed E-state index contributed by atoms with van der Waals surface area (Å²) in [7, 11) is 0. The van der Waals surface area contributed by atoms with E-state index >= 15 is 0 Å². The molecule has 6 aromatic heterocycles. The van der Waals surface area contributed by atoms with Gasteiger partial charge >= 0.3 is 0 Å². The SMILES string of the molecule is Clc1nc(-c2cccc3ccccc23)c2ccc3ccccc3c2n1.c1ccc2c(-c3nc(-n4c5c6ccccc6ccc5c5c6sc7ccccc7c6c6ccccc6c54)nc4c3ccc3ccccc34)cccc2c1.c1ccc2c(c1)ccc1c2[nH]c2c3ccccc3c3c4ccccc4sc3c12. The number of aromatic nitrogens is 6. The lowest BCUT2D eigenvalue weighted by Crippen LogP contribution is -2.04. The van der Waals surface area contributed by atoms with Gasteiger partial charge in [0.2, 0.25) is 11.2 Å². The number of nitrogens with zero attached hydrogens (tertiary/aromatic N) is 5. The Kier molecular flexibility index (Phi) is 13.4. The van der Waals surface area contributed by atoms with Crippen LogP contribution in [0.2, 0.25) is 5.28 Å². The van der Waals surface area contributed by atoms with E-state index in [4.69, 9.17) is 21.6 Å². The van der Waals surface area contributed by atoms with Crippen LogP contribution < -0.4 is 0 Å². The first kappa shape index (κ1) is 59.7. The molecule has 0 saturated carbocycles. The molecule has 0 radical (unpaired) electrons. The van der Waals surface area contributed by atoms with Gasteiger partial charge < -0.3 is 4.98 Å². The molecule has 0 fully saturated rings. The summed E-state index contributed by atoms with van der Waals surface area (Å²) in [5.74, 6) is 0.675. The van der Waals surface area contributed by atoms with Crippen LogP contribution >= 0.6 is 34.3 Å². The zero-order valence-electron chi connectivity index (χ0n) is 56.1. The van der Waals surface area contributed by atoms with Gasteiger partial charge in [-0.15, -0.1) is 22.7 Å². The van der Waals surface area contributed by atoms with E-state index in [1.807, 2.05) is 46.9 Å². The highest BCUT2D eigenvalue weighted by Crippen LogP contribution is 2.51. The van der Waals surface area contributed by atoms with Crippen molar-refractivity contribution in [1.82, 2.24) is 29.5 Å². The first-order valence-corrected chi connectivity index (χ1v) is 37.4. The van der Waals surface area contributed by atoms with Crippen molar-refractivity contribution in [3.63, 3.8) is 0 Å². The minimum Gasteiger partial charge on any atom is -0.353 e. The lowest BCUT2D eigenvalue weighted by atomic mass is 9.97. The lowest BCUT2D eigenvalue weighted by molar-refractivity contribution is 1.02. The van der Waals surface area contributed by atoms with Gasteiger partial charge in [0.05, 0.1) is 44.5 Å². The van der Waals surface area contributed by atoms with Crippen molar-refractivity contribution >= 4 is 226 Å². The second-order valence-corrected chi connectivity index (χ2v) is 29.6. The van der Waals surface area contributed by atoms with Gasteiger partial charge in [-0.2, -0.15) is 0 Å². The van der Waals surface area contributed by atoms with Crippen molar-refractivity contribution in [1.29, 1.82) is 0 Å². The summed E-state index contributed by atoms with van der Waals surface area (Å²) in [5, 5.41) is 32.1. The summed E-state index contributed by atoms with van der Waals surface area (Å²) in [6.07, 6.45) is 0. The summed E-state index contributed by atoms with van der Waals surface area (Å²) >= 11 is 10.1.